The highest BCUT2D eigenvalue weighted by Gasteiger charge is 2.55. The van der Waals surface area contributed by atoms with Crippen molar-refractivity contribution in [3.63, 3.8) is 0 Å². The number of nitrogens with zero attached hydrogens (tertiary/aromatic N) is 2. The summed E-state index contributed by atoms with van der Waals surface area (Å²) in [6.45, 7) is 31.5. The molecule has 0 bridgehead atoms. The highest BCUT2D eigenvalue weighted by atomic mass is 16.7. The Morgan fingerprint density at radius 2 is 1.05 bits per heavy atom. The van der Waals surface area contributed by atoms with Crippen LogP contribution in [0.25, 0.3) is 0 Å². The maximum absolute atomic E-state index is 13.8. The van der Waals surface area contributed by atoms with E-state index in [1.807, 2.05) is 0 Å². The minimum Gasteiger partial charge on any atom is -0.466 e. The predicted molar refractivity (Wildman–Crippen MR) is 297 cm³/mol. The molecule has 27 heteroatoms. The standard InChI is InChI=1S/C55H96N8O19/c1-49(2,3)77-43(66)57-30-23-29(24-30)26-56-27-31-21-22-32(58-42(61-46(69)80-52(10,11)12)62-47(70)81-53(13,14)15)40(74-31)75-37-33(59-44(67)78-50(4,5)6)25-34(60-45(68)79-51(7,8)9)38(35(37)64)76-41-36(65)39(55(19,72)28-73-41)63(20)48(71)82-54(16,17)18/h21,29-30,32-41,56,64-65,72H,22-28H2,1-20H3,(H,57,66)(H,59,67)(H,60,68)(H2,58,61,62,69,70)/t29?,30?,32-,33+,34-,35+,36-,37-,38+,39-,40-,41-,55+/m1/s1. The number of carbonyl (C=O) groups excluding carboxylic acids is 6. The third-order valence-corrected chi connectivity index (χ3v) is 12.2. The number of aliphatic hydroxyl groups excluding tert-OH is 2. The Bertz CT molecular complexity index is 2240. The molecule has 3 fully saturated rings. The fraction of sp³-hybridized carbons (Fsp3) is 0.836. The first-order valence-corrected chi connectivity index (χ1v) is 27.8. The van der Waals surface area contributed by atoms with Crippen molar-refractivity contribution in [2.45, 2.75) is 264 Å². The van der Waals surface area contributed by atoms with Gasteiger partial charge in [-0.05, 0) is 176 Å². The maximum Gasteiger partial charge on any atom is 0.414 e. The molecule has 82 heavy (non-hydrogen) atoms. The lowest BCUT2D eigenvalue weighted by Crippen LogP contribution is -2.70. The number of ether oxygens (including phenoxy) is 10. The van der Waals surface area contributed by atoms with Gasteiger partial charge >= 0.3 is 36.6 Å². The Kier molecular flexibility index (Phi) is 22.8. The molecule has 470 valence electrons. The summed E-state index contributed by atoms with van der Waals surface area (Å²) >= 11 is 0. The van der Waals surface area contributed by atoms with Crippen LogP contribution < -0.4 is 31.9 Å². The van der Waals surface area contributed by atoms with E-state index >= 15 is 0 Å². The molecule has 2 saturated carbocycles. The van der Waals surface area contributed by atoms with Crippen molar-refractivity contribution in [3.8, 4) is 0 Å². The SMILES string of the molecule is CN(C(=O)OC(C)(C)C)[C@@H]1[C@@H](O)[C@@H](O[C@@H]2[C@@H](O)[C@H](O[C@H]3OC(CNCC4CC(NC(=O)OC(C)(C)C)C4)=CC[C@H]3N=C(NC(=O)OC(C)(C)C)NC(=O)OC(C)(C)C)[C@@H](NC(=O)OC(C)(C)C)C[C@H]2NC(=O)OC(C)(C)C)OC[C@]1(C)O. The summed E-state index contributed by atoms with van der Waals surface area (Å²) in [5, 5.41) is 53.2. The zero-order valence-electron chi connectivity index (χ0n) is 51.7. The van der Waals surface area contributed by atoms with Crippen molar-refractivity contribution in [1.82, 2.24) is 36.8 Å². The molecule has 1 saturated heterocycles. The fourth-order valence-electron chi connectivity index (χ4n) is 9.17. The van der Waals surface area contributed by atoms with E-state index in [1.165, 1.54) is 14.0 Å². The van der Waals surface area contributed by atoms with Gasteiger partial charge in [0.25, 0.3) is 0 Å². The van der Waals surface area contributed by atoms with Gasteiger partial charge in [-0.2, -0.15) is 0 Å². The average molecular weight is 1170 g/mol. The van der Waals surface area contributed by atoms with Crippen molar-refractivity contribution in [1.29, 1.82) is 0 Å². The zero-order valence-corrected chi connectivity index (χ0v) is 51.7. The van der Waals surface area contributed by atoms with Crippen LogP contribution in [0.5, 0.6) is 0 Å². The normalized spacial score (nSPS) is 28.9. The summed E-state index contributed by atoms with van der Waals surface area (Å²) in [6.07, 6.45) is -12.6. The summed E-state index contributed by atoms with van der Waals surface area (Å²) in [4.78, 5) is 85.6. The number of guanidine groups is 1. The molecule has 4 rings (SSSR count). The van der Waals surface area contributed by atoms with Crippen molar-refractivity contribution in [3.05, 3.63) is 11.8 Å². The Morgan fingerprint density at radius 1 is 0.622 bits per heavy atom. The van der Waals surface area contributed by atoms with E-state index < -0.39 is 149 Å². The molecule has 2 heterocycles. The van der Waals surface area contributed by atoms with Crippen molar-refractivity contribution in [2.75, 3.05) is 26.7 Å². The molecule has 0 radical (unpaired) electrons. The van der Waals surface area contributed by atoms with E-state index in [0.29, 0.717) is 25.1 Å². The molecule has 0 aromatic carbocycles. The van der Waals surface area contributed by atoms with Gasteiger partial charge in [0.1, 0.15) is 75.4 Å². The molecule has 6 amide bonds. The van der Waals surface area contributed by atoms with Crippen LogP contribution in [-0.4, -0.2) is 196 Å². The van der Waals surface area contributed by atoms with Crippen LogP contribution in [0, 0.1) is 5.92 Å². The third kappa shape index (κ3) is 23.3. The first-order valence-electron chi connectivity index (χ1n) is 27.8. The maximum atomic E-state index is 13.8. The highest BCUT2D eigenvalue weighted by molar-refractivity contribution is 6.01. The van der Waals surface area contributed by atoms with Gasteiger partial charge in [0, 0.05) is 13.1 Å². The van der Waals surface area contributed by atoms with E-state index in [0.717, 1.165) is 4.90 Å². The number of rotatable bonds is 13. The number of hydrogen-bond acceptors (Lipinski definition) is 21. The van der Waals surface area contributed by atoms with Gasteiger partial charge in [-0.1, -0.05) is 0 Å². The number of alkyl carbamates (subject to hydrolysis) is 5. The van der Waals surface area contributed by atoms with E-state index in [2.05, 4.69) is 31.9 Å². The van der Waals surface area contributed by atoms with E-state index in [9.17, 15) is 44.1 Å². The molecule has 4 aliphatic rings. The van der Waals surface area contributed by atoms with Crippen LogP contribution in [-0.2, 0) is 47.4 Å². The lowest BCUT2D eigenvalue weighted by atomic mass is 9.80. The molecule has 9 N–H and O–H groups in total. The molecule has 2 aliphatic carbocycles. The van der Waals surface area contributed by atoms with Gasteiger partial charge in [0.15, 0.2) is 6.29 Å². The molecule has 0 spiro atoms. The van der Waals surface area contributed by atoms with Crippen molar-refractivity contribution < 1.29 is 91.5 Å². The number of carbonyl (C=O) groups is 6. The number of nitrogens with one attached hydrogen (secondary N) is 6. The summed E-state index contributed by atoms with van der Waals surface area (Å²) in [7, 11) is 1.33. The molecule has 2 aliphatic heterocycles. The van der Waals surface area contributed by atoms with Gasteiger partial charge in [0.2, 0.25) is 12.2 Å². The Morgan fingerprint density at radius 3 is 1.50 bits per heavy atom. The van der Waals surface area contributed by atoms with Gasteiger partial charge < -0.3 is 88.9 Å². The molecule has 0 aromatic rings. The van der Waals surface area contributed by atoms with E-state index in [1.54, 1.807) is 131 Å². The second-order valence-electron chi connectivity index (χ2n) is 27.5. The smallest absolute Gasteiger partial charge is 0.414 e. The summed E-state index contributed by atoms with van der Waals surface area (Å²) in [5.41, 5.74) is -7.46. The summed E-state index contributed by atoms with van der Waals surface area (Å²) < 4.78 is 59.0. The van der Waals surface area contributed by atoms with Crippen LogP contribution in [0.1, 0.15) is 157 Å². The number of amides is 6. The molecular formula is C55H96N8O19. The van der Waals surface area contributed by atoms with E-state index in [4.69, 9.17) is 52.4 Å². The average Bonchev–Trinajstić information content (AvgIpc) is 3.22. The quantitative estimate of drug-likeness (QED) is 0.0641. The minimum atomic E-state index is -1.91. The van der Waals surface area contributed by atoms with Crippen molar-refractivity contribution >= 4 is 42.5 Å². The van der Waals surface area contributed by atoms with Crippen LogP contribution in [0.4, 0.5) is 28.8 Å². The highest BCUT2D eigenvalue weighted by Crippen LogP contribution is 2.36. The van der Waals surface area contributed by atoms with Gasteiger partial charge in [0.05, 0.1) is 31.3 Å². The van der Waals surface area contributed by atoms with E-state index in [-0.39, 0.29) is 31.3 Å². The van der Waals surface area contributed by atoms with Gasteiger partial charge in [-0.25, -0.2) is 33.8 Å². The number of likely N-dealkylation sites (N-methyl/N-ethyl adjacent to an activating group) is 1. The second kappa shape index (κ2) is 27.1. The Hall–Kier alpha value is -5.45. The lowest BCUT2D eigenvalue weighted by Gasteiger charge is -2.50. The van der Waals surface area contributed by atoms with Crippen LogP contribution >= 0.6 is 0 Å². The first kappa shape index (κ1) is 69.0. The number of hydrogen-bond donors (Lipinski definition) is 9. The third-order valence-electron chi connectivity index (χ3n) is 12.2. The Labute approximate surface area is 482 Å². The van der Waals surface area contributed by atoms with Gasteiger partial charge in [-0.15, -0.1) is 0 Å². The first-order chi connectivity index (χ1) is 37.2. The van der Waals surface area contributed by atoms with Crippen LogP contribution in [0.2, 0.25) is 0 Å². The second-order valence-corrected chi connectivity index (χ2v) is 27.5. The molecule has 11 atom stereocenters. The van der Waals surface area contributed by atoms with Crippen molar-refractivity contribution in [2.24, 2.45) is 10.9 Å². The predicted octanol–water partition coefficient (Wildman–Crippen LogP) is 5.31. The lowest BCUT2D eigenvalue weighted by molar-refractivity contribution is -0.311. The topological polar surface area (TPSA) is 343 Å². The zero-order chi connectivity index (χ0) is 62.3. The summed E-state index contributed by atoms with van der Waals surface area (Å²) in [6, 6.07) is -5.21. The molecule has 27 nitrogen and oxygen atoms in total. The summed E-state index contributed by atoms with van der Waals surface area (Å²) in [5.74, 6) is 0.114. The minimum absolute atomic E-state index is 0.0206. The molecule has 0 aromatic heterocycles. The van der Waals surface area contributed by atoms with Crippen LogP contribution in [0.3, 0.4) is 0 Å². The largest absolute Gasteiger partial charge is 0.466 e. The monoisotopic (exact) mass is 1170 g/mol. The van der Waals surface area contributed by atoms with Crippen LogP contribution in [0.15, 0.2) is 16.8 Å². The number of aliphatic imine (C=N–C) groups is 1. The molecule has 0 unspecified atom stereocenters. The number of aliphatic hydroxyl groups is 3. The fourth-order valence-corrected chi connectivity index (χ4v) is 9.17. The van der Waals surface area contributed by atoms with Gasteiger partial charge in [-0.3, -0.25) is 10.6 Å². The Balaban J connectivity index is 1.80. The molecular weight excluding hydrogens is 1080 g/mol.